The fourth-order valence-corrected chi connectivity index (χ4v) is 4.10. The summed E-state index contributed by atoms with van der Waals surface area (Å²) in [5.41, 5.74) is 0.946. The first kappa shape index (κ1) is 20.4. The molecule has 0 saturated carbocycles. The number of hydrogen-bond donors (Lipinski definition) is 0. The van der Waals surface area contributed by atoms with Crippen LogP contribution in [0.2, 0.25) is 0 Å². The lowest BCUT2D eigenvalue weighted by atomic mass is 10.1. The summed E-state index contributed by atoms with van der Waals surface area (Å²) in [6.45, 7) is 2.40. The third kappa shape index (κ3) is 5.14. The first-order valence-corrected chi connectivity index (χ1v) is 10.3. The van der Waals surface area contributed by atoms with E-state index in [1.165, 1.54) is 0 Å². The molecule has 0 spiro atoms. The van der Waals surface area contributed by atoms with Gasteiger partial charge in [0.2, 0.25) is 5.78 Å². The normalized spacial score (nSPS) is 17.1. The highest BCUT2D eigenvalue weighted by atomic mass is 32.2. The molecule has 1 fully saturated rings. The Labute approximate surface area is 169 Å². The molecule has 148 valence electrons. The Morgan fingerprint density at radius 3 is 2.61 bits per heavy atom. The Balaban J connectivity index is 1.63. The zero-order valence-electron chi connectivity index (χ0n) is 16.1. The highest BCUT2D eigenvalue weighted by Crippen LogP contribution is 2.27. The minimum atomic E-state index is -0.878. The second-order valence-corrected chi connectivity index (χ2v) is 7.64. The molecule has 0 unspecified atom stereocenters. The molecule has 2 aromatic rings. The molecule has 0 N–H and O–H groups in total. The lowest BCUT2D eigenvalue weighted by Gasteiger charge is -2.15. The molecular formula is C22H24O5S. The zero-order chi connectivity index (χ0) is 19.9. The average Bonchev–Trinajstić information content (AvgIpc) is 3.25. The van der Waals surface area contributed by atoms with Crippen molar-refractivity contribution in [3.8, 4) is 5.75 Å². The van der Waals surface area contributed by atoms with Crippen LogP contribution in [0.5, 0.6) is 5.75 Å². The smallest absolute Gasteiger partial charge is 0.339 e. The van der Waals surface area contributed by atoms with Crippen molar-refractivity contribution in [1.29, 1.82) is 0 Å². The molecule has 0 amide bonds. The quantitative estimate of drug-likeness (QED) is 0.372. The third-order valence-electron chi connectivity index (χ3n) is 4.58. The number of hydrogen-bond acceptors (Lipinski definition) is 6. The number of benzene rings is 2. The Bertz CT molecular complexity index is 812. The molecule has 1 saturated heterocycles. The van der Waals surface area contributed by atoms with Crippen molar-refractivity contribution in [2.24, 2.45) is 0 Å². The van der Waals surface area contributed by atoms with Gasteiger partial charge in [0.15, 0.2) is 6.10 Å². The SMILES string of the molecule is COc1ccc(C(=O)[C@H](C)OC(=O)c2ccccc2SC[C@H]2CCCO2)cc1. The molecule has 3 rings (SSSR count). The second-order valence-electron chi connectivity index (χ2n) is 6.58. The van der Waals surface area contributed by atoms with Crippen LogP contribution in [0.25, 0.3) is 0 Å². The van der Waals surface area contributed by atoms with Crippen LogP contribution >= 0.6 is 11.8 Å². The fraction of sp³-hybridized carbons (Fsp3) is 0.364. The molecule has 1 aliphatic heterocycles. The number of thioether (sulfide) groups is 1. The van der Waals surface area contributed by atoms with Crippen LogP contribution in [0.15, 0.2) is 53.4 Å². The Morgan fingerprint density at radius 2 is 1.93 bits per heavy atom. The summed E-state index contributed by atoms with van der Waals surface area (Å²) in [6, 6.07) is 14.0. The third-order valence-corrected chi connectivity index (χ3v) is 5.79. The summed E-state index contributed by atoms with van der Waals surface area (Å²) in [5, 5.41) is 0. The van der Waals surface area contributed by atoms with Gasteiger partial charge in [0.05, 0.1) is 18.8 Å². The maximum absolute atomic E-state index is 12.7. The minimum absolute atomic E-state index is 0.227. The van der Waals surface area contributed by atoms with Gasteiger partial charge in [0.1, 0.15) is 5.75 Å². The zero-order valence-corrected chi connectivity index (χ0v) is 16.9. The number of rotatable bonds is 8. The van der Waals surface area contributed by atoms with E-state index in [-0.39, 0.29) is 11.9 Å². The van der Waals surface area contributed by atoms with Gasteiger partial charge in [0, 0.05) is 22.8 Å². The van der Waals surface area contributed by atoms with E-state index < -0.39 is 12.1 Å². The standard InChI is InChI=1S/C22H24O5S/c1-15(21(23)16-9-11-17(25-2)12-10-16)27-22(24)19-7-3-4-8-20(19)28-14-18-6-5-13-26-18/h3-4,7-12,15,18H,5-6,13-14H2,1-2H3/t15-,18+/m0/s1. The predicted octanol–water partition coefficient (Wildman–Crippen LogP) is 4.39. The summed E-state index contributed by atoms with van der Waals surface area (Å²) in [7, 11) is 1.57. The van der Waals surface area contributed by atoms with E-state index in [1.807, 2.05) is 12.1 Å². The lowest BCUT2D eigenvalue weighted by molar-refractivity contribution is 0.0315. The van der Waals surface area contributed by atoms with Crippen molar-refractivity contribution in [2.45, 2.75) is 36.9 Å². The molecule has 0 aliphatic carbocycles. The second kappa shape index (κ2) is 9.75. The maximum Gasteiger partial charge on any atom is 0.339 e. The highest BCUT2D eigenvalue weighted by Gasteiger charge is 2.23. The van der Waals surface area contributed by atoms with Gasteiger partial charge in [-0.05, 0) is 56.2 Å². The van der Waals surface area contributed by atoms with Gasteiger partial charge in [-0.1, -0.05) is 12.1 Å². The molecule has 5 nitrogen and oxygen atoms in total. The summed E-state index contributed by atoms with van der Waals surface area (Å²) in [6.07, 6.45) is 1.48. The summed E-state index contributed by atoms with van der Waals surface area (Å²) >= 11 is 1.58. The number of ketones is 1. The summed E-state index contributed by atoms with van der Waals surface area (Å²) in [5.74, 6) is 0.716. The van der Waals surface area contributed by atoms with Crippen molar-refractivity contribution in [1.82, 2.24) is 0 Å². The minimum Gasteiger partial charge on any atom is -0.497 e. The van der Waals surface area contributed by atoms with Crippen LogP contribution in [0.3, 0.4) is 0 Å². The Kier molecular flexibility index (Phi) is 7.12. The molecular weight excluding hydrogens is 376 g/mol. The molecule has 0 radical (unpaired) electrons. The molecule has 2 atom stereocenters. The van der Waals surface area contributed by atoms with Gasteiger partial charge < -0.3 is 14.2 Å². The van der Waals surface area contributed by atoms with Crippen LogP contribution in [0, 0.1) is 0 Å². The molecule has 1 heterocycles. The van der Waals surface area contributed by atoms with Gasteiger partial charge in [-0.25, -0.2) is 4.79 Å². The van der Waals surface area contributed by atoms with Gasteiger partial charge in [-0.2, -0.15) is 0 Å². The molecule has 2 aromatic carbocycles. The van der Waals surface area contributed by atoms with Crippen molar-refractivity contribution in [3.05, 3.63) is 59.7 Å². The topological polar surface area (TPSA) is 61.8 Å². The number of esters is 1. The molecule has 0 aromatic heterocycles. The molecule has 6 heteroatoms. The summed E-state index contributed by atoms with van der Waals surface area (Å²) in [4.78, 5) is 26.1. The van der Waals surface area contributed by atoms with E-state index in [0.717, 1.165) is 30.1 Å². The van der Waals surface area contributed by atoms with Crippen LogP contribution in [-0.2, 0) is 9.47 Å². The Morgan fingerprint density at radius 1 is 1.18 bits per heavy atom. The predicted molar refractivity (Wildman–Crippen MR) is 108 cm³/mol. The van der Waals surface area contributed by atoms with Crippen molar-refractivity contribution >= 4 is 23.5 Å². The average molecular weight is 400 g/mol. The van der Waals surface area contributed by atoms with E-state index in [9.17, 15) is 9.59 Å². The van der Waals surface area contributed by atoms with Crippen molar-refractivity contribution in [3.63, 3.8) is 0 Å². The molecule has 0 bridgehead atoms. The van der Waals surface area contributed by atoms with Gasteiger partial charge in [-0.15, -0.1) is 11.8 Å². The van der Waals surface area contributed by atoms with Gasteiger partial charge in [-0.3, -0.25) is 4.79 Å². The monoisotopic (exact) mass is 400 g/mol. The van der Waals surface area contributed by atoms with Gasteiger partial charge in [0.25, 0.3) is 0 Å². The molecule has 1 aliphatic rings. The van der Waals surface area contributed by atoms with Crippen LogP contribution in [0.1, 0.15) is 40.5 Å². The Hall–Kier alpha value is -2.31. The van der Waals surface area contributed by atoms with Crippen LogP contribution in [0.4, 0.5) is 0 Å². The number of carbonyl (C=O) groups excluding carboxylic acids is 2. The molecule has 28 heavy (non-hydrogen) atoms. The number of methoxy groups -OCH3 is 1. The van der Waals surface area contributed by atoms with E-state index in [2.05, 4.69) is 0 Å². The van der Waals surface area contributed by atoms with Crippen LogP contribution < -0.4 is 4.74 Å². The van der Waals surface area contributed by atoms with Crippen LogP contribution in [-0.4, -0.2) is 43.4 Å². The van der Waals surface area contributed by atoms with Crippen molar-refractivity contribution < 1.29 is 23.8 Å². The van der Waals surface area contributed by atoms with Gasteiger partial charge >= 0.3 is 5.97 Å². The number of Topliss-reactive ketones (excluding diaryl/α,β-unsaturated/α-hetero) is 1. The van der Waals surface area contributed by atoms with E-state index >= 15 is 0 Å². The van der Waals surface area contributed by atoms with Crippen molar-refractivity contribution in [2.75, 3.05) is 19.5 Å². The lowest BCUT2D eigenvalue weighted by Crippen LogP contribution is -2.24. The first-order chi connectivity index (χ1) is 13.6. The maximum atomic E-state index is 12.7. The van der Waals surface area contributed by atoms with E-state index in [1.54, 1.807) is 62.2 Å². The largest absolute Gasteiger partial charge is 0.497 e. The van der Waals surface area contributed by atoms with E-state index in [0.29, 0.717) is 16.9 Å². The highest BCUT2D eigenvalue weighted by molar-refractivity contribution is 7.99. The first-order valence-electron chi connectivity index (χ1n) is 9.31. The number of ether oxygens (including phenoxy) is 3. The summed E-state index contributed by atoms with van der Waals surface area (Å²) < 4.78 is 16.2. The fourth-order valence-electron chi connectivity index (χ4n) is 2.99. The van der Waals surface area contributed by atoms with E-state index in [4.69, 9.17) is 14.2 Å². The number of carbonyl (C=O) groups is 2.